The van der Waals surface area contributed by atoms with Crippen molar-refractivity contribution in [3.8, 4) is 0 Å². The number of nitrogens with zero attached hydrogens (tertiary/aromatic N) is 3. The highest BCUT2D eigenvalue weighted by molar-refractivity contribution is 5.92. The highest BCUT2D eigenvalue weighted by Gasteiger charge is 2.09. The maximum atomic E-state index is 12.4. The third-order valence-corrected chi connectivity index (χ3v) is 4.42. The zero-order valence-corrected chi connectivity index (χ0v) is 16.4. The van der Waals surface area contributed by atoms with Crippen molar-refractivity contribution in [1.29, 1.82) is 0 Å². The van der Waals surface area contributed by atoms with E-state index < -0.39 is 0 Å². The first-order valence-electron chi connectivity index (χ1n) is 9.43. The fraction of sp³-hybridized carbons (Fsp3) is 0.286. The summed E-state index contributed by atoms with van der Waals surface area (Å²) in [5.74, 6) is -0.323. The molecule has 0 bridgehead atoms. The predicted molar refractivity (Wildman–Crippen MR) is 110 cm³/mol. The number of carbonyl (C=O) groups excluding carboxylic acids is 2. The Bertz CT molecular complexity index is 1070. The van der Waals surface area contributed by atoms with Crippen LogP contribution in [0.2, 0.25) is 0 Å². The molecule has 2 N–H and O–H groups in total. The van der Waals surface area contributed by atoms with Gasteiger partial charge < -0.3 is 10.6 Å². The lowest BCUT2D eigenvalue weighted by Crippen LogP contribution is -2.29. The smallest absolute Gasteiger partial charge is 0.277 e. The van der Waals surface area contributed by atoms with E-state index in [1.165, 1.54) is 4.68 Å². The molecule has 0 atom stereocenters. The molecule has 0 saturated carbocycles. The van der Waals surface area contributed by atoms with E-state index in [4.69, 9.17) is 0 Å². The topological polar surface area (TPSA) is 106 Å². The molecule has 2 amide bonds. The number of carbonyl (C=O) groups is 2. The van der Waals surface area contributed by atoms with Crippen LogP contribution >= 0.6 is 0 Å². The molecule has 150 valence electrons. The zero-order chi connectivity index (χ0) is 20.8. The van der Waals surface area contributed by atoms with Crippen molar-refractivity contribution >= 4 is 28.4 Å². The van der Waals surface area contributed by atoms with Crippen LogP contribution < -0.4 is 16.2 Å². The van der Waals surface area contributed by atoms with Gasteiger partial charge in [-0.25, -0.2) is 4.68 Å². The van der Waals surface area contributed by atoms with Crippen LogP contribution in [-0.4, -0.2) is 26.8 Å². The largest absolute Gasteiger partial charge is 0.352 e. The molecule has 0 radical (unpaired) electrons. The van der Waals surface area contributed by atoms with E-state index in [9.17, 15) is 14.4 Å². The molecule has 0 saturated heterocycles. The van der Waals surface area contributed by atoms with Crippen molar-refractivity contribution in [3.05, 3.63) is 64.4 Å². The molecule has 1 heterocycles. The number of aryl methyl sites for hydroxylation is 1. The molecule has 8 nitrogen and oxygen atoms in total. The van der Waals surface area contributed by atoms with E-state index in [0.717, 1.165) is 5.56 Å². The molecule has 1 aromatic heterocycles. The lowest BCUT2D eigenvalue weighted by Gasteiger charge is -2.09. The van der Waals surface area contributed by atoms with Gasteiger partial charge in [0.05, 0.1) is 11.9 Å². The predicted octanol–water partition coefficient (Wildman–Crippen LogP) is 2.09. The van der Waals surface area contributed by atoms with Gasteiger partial charge in [-0.1, -0.05) is 43.3 Å². The normalized spacial score (nSPS) is 10.9. The maximum Gasteiger partial charge on any atom is 0.277 e. The summed E-state index contributed by atoms with van der Waals surface area (Å²) in [4.78, 5) is 36.2. The van der Waals surface area contributed by atoms with Gasteiger partial charge >= 0.3 is 0 Å². The molecular formula is C21H23N5O3. The Morgan fingerprint density at radius 3 is 2.52 bits per heavy atom. The summed E-state index contributed by atoms with van der Waals surface area (Å²) in [6.45, 7) is 4.17. The van der Waals surface area contributed by atoms with E-state index in [1.54, 1.807) is 36.4 Å². The van der Waals surface area contributed by atoms with Gasteiger partial charge in [-0.05, 0) is 29.8 Å². The van der Waals surface area contributed by atoms with Crippen LogP contribution in [0.25, 0.3) is 10.9 Å². The minimum absolute atomic E-state index is 0.0434. The number of rotatable bonds is 7. The van der Waals surface area contributed by atoms with Crippen molar-refractivity contribution in [1.82, 2.24) is 20.3 Å². The number of anilines is 1. The van der Waals surface area contributed by atoms with Crippen LogP contribution in [0.4, 0.5) is 5.69 Å². The number of hydrogen-bond acceptors (Lipinski definition) is 5. The molecule has 0 spiro atoms. The average molecular weight is 393 g/mol. The third-order valence-electron chi connectivity index (χ3n) is 4.42. The average Bonchev–Trinajstić information content (AvgIpc) is 2.73. The van der Waals surface area contributed by atoms with Gasteiger partial charge in [-0.15, -0.1) is 5.10 Å². The van der Waals surface area contributed by atoms with Crippen LogP contribution in [-0.2, 0) is 22.7 Å². The standard InChI is InChI=1S/C21H23N5O3/c1-14(2)20(28)23-16-9-7-15(8-10-16)13-22-19(27)11-12-26-21(29)17-5-3-4-6-18(17)24-25-26/h3-10,14H,11-13H2,1-2H3,(H,22,27)(H,23,28). The number of hydrogen-bond donors (Lipinski definition) is 2. The molecule has 0 aliphatic carbocycles. The first-order valence-corrected chi connectivity index (χ1v) is 9.43. The number of nitrogens with one attached hydrogen (secondary N) is 2. The Hall–Kier alpha value is -3.55. The summed E-state index contributed by atoms with van der Waals surface area (Å²) in [6.07, 6.45) is 0.120. The van der Waals surface area contributed by atoms with Gasteiger partial charge in [0, 0.05) is 24.6 Å². The molecule has 0 aliphatic rings. The van der Waals surface area contributed by atoms with Gasteiger partial charge in [0.15, 0.2) is 0 Å². The lowest BCUT2D eigenvalue weighted by atomic mass is 10.1. The van der Waals surface area contributed by atoms with Crippen molar-refractivity contribution in [2.24, 2.45) is 5.92 Å². The summed E-state index contributed by atoms with van der Waals surface area (Å²) in [5, 5.41) is 14.0. The Morgan fingerprint density at radius 1 is 1.07 bits per heavy atom. The Morgan fingerprint density at radius 2 is 1.79 bits per heavy atom. The quantitative estimate of drug-likeness (QED) is 0.639. The maximum absolute atomic E-state index is 12.4. The van der Waals surface area contributed by atoms with E-state index >= 15 is 0 Å². The Labute approximate surface area is 167 Å². The minimum atomic E-state index is -0.262. The molecule has 3 aromatic rings. The Kier molecular flexibility index (Phi) is 6.33. The van der Waals surface area contributed by atoms with Gasteiger partial charge in [0.2, 0.25) is 11.8 Å². The van der Waals surface area contributed by atoms with Crippen LogP contribution in [0.3, 0.4) is 0 Å². The monoisotopic (exact) mass is 393 g/mol. The first-order chi connectivity index (χ1) is 13.9. The molecule has 8 heteroatoms. The SMILES string of the molecule is CC(C)C(=O)Nc1ccc(CNC(=O)CCn2nnc3ccccc3c2=O)cc1. The Balaban J connectivity index is 1.51. The molecule has 29 heavy (non-hydrogen) atoms. The van der Waals surface area contributed by atoms with Crippen LogP contribution in [0.15, 0.2) is 53.3 Å². The second kappa shape index (κ2) is 9.09. The van der Waals surface area contributed by atoms with Crippen molar-refractivity contribution in [3.63, 3.8) is 0 Å². The fourth-order valence-electron chi connectivity index (χ4n) is 2.66. The summed E-state index contributed by atoms with van der Waals surface area (Å²) < 4.78 is 1.20. The highest BCUT2D eigenvalue weighted by atomic mass is 16.2. The highest BCUT2D eigenvalue weighted by Crippen LogP contribution is 2.11. The van der Waals surface area contributed by atoms with Crippen molar-refractivity contribution in [2.75, 3.05) is 5.32 Å². The fourth-order valence-corrected chi connectivity index (χ4v) is 2.66. The van der Waals surface area contributed by atoms with Gasteiger partial charge in [-0.2, -0.15) is 0 Å². The summed E-state index contributed by atoms with van der Waals surface area (Å²) in [7, 11) is 0. The molecule has 2 aromatic carbocycles. The molecule has 0 fully saturated rings. The van der Waals surface area contributed by atoms with Gasteiger partial charge in [-0.3, -0.25) is 14.4 Å². The second-order valence-electron chi connectivity index (χ2n) is 7.00. The molecule has 0 unspecified atom stereocenters. The molecular weight excluding hydrogens is 370 g/mol. The van der Waals surface area contributed by atoms with E-state index in [-0.39, 0.29) is 36.3 Å². The third kappa shape index (κ3) is 5.25. The van der Waals surface area contributed by atoms with E-state index in [2.05, 4.69) is 20.9 Å². The van der Waals surface area contributed by atoms with Crippen LogP contribution in [0.1, 0.15) is 25.8 Å². The number of fused-ring (bicyclic) bond motifs is 1. The lowest BCUT2D eigenvalue weighted by molar-refractivity contribution is -0.121. The van der Waals surface area contributed by atoms with Gasteiger partial charge in [0.25, 0.3) is 5.56 Å². The van der Waals surface area contributed by atoms with E-state index in [0.29, 0.717) is 23.1 Å². The number of aromatic nitrogens is 3. The van der Waals surface area contributed by atoms with Crippen LogP contribution in [0, 0.1) is 5.92 Å². The molecule has 0 aliphatic heterocycles. The summed E-state index contributed by atoms with van der Waals surface area (Å²) >= 11 is 0. The summed E-state index contributed by atoms with van der Waals surface area (Å²) in [5.41, 5.74) is 1.89. The minimum Gasteiger partial charge on any atom is -0.352 e. The van der Waals surface area contributed by atoms with Gasteiger partial charge in [0.1, 0.15) is 5.52 Å². The molecule has 3 rings (SSSR count). The summed E-state index contributed by atoms with van der Waals surface area (Å²) in [6, 6.07) is 14.3. The number of amides is 2. The zero-order valence-electron chi connectivity index (χ0n) is 16.4. The first kappa shape index (κ1) is 20.2. The second-order valence-corrected chi connectivity index (χ2v) is 7.00. The van der Waals surface area contributed by atoms with E-state index in [1.807, 2.05) is 26.0 Å². The van der Waals surface area contributed by atoms with Crippen LogP contribution in [0.5, 0.6) is 0 Å². The number of benzene rings is 2. The van der Waals surface area contributed by atoms with Crippen molar-refractivity contribution in [2.45, 2.75) is 33.4 Å². The van der Waals surface area contributed by atoms with Crippen molar-refractivity contribution < 1.29 is 9.59 Å².